The zero-order valence-electron chi connectivity index (χ0n) is 18.2. The zero-order chi connectivity index (χ0) is 23.9. The lowest BCUT2D eigenvalue weighted by Crippen LogP contribution is -2.54. The Morgan fingerprint density at radius 3 is 2.27 bits per heavy atom. The summed E-state index contributed by atoms with van der Waals surface area (Å²) in [5, 5.41) is 13.2. The van der Waals surface area contributed by atoms with Gasteiger partial charge in [0.25, 0.3) is 17.5 Å². The Bertz CT molecular complexity index is 1350. The number of hydrogen-bond donors (Lipinski definition) is 1. The number of aryl methyl sites for hydroxylation is 2. The highest BCUT2D eigenvalue weighted by molar-refractivity contribution is 6.39. The van der Waals surface area contributed by atoms with Crippen LogP contribution in [0.4, 0.5) is 16.2 Å². The Kier molecular flexibility index (Phi) is 5.39. The molecule has 1 aromatic heterocycles. The van der Waals surface area contributed by atoms with Crippen LogP contribution in [0.1, 0.15) is 22.5 Å². The van der Waals surface area contributed by atoms with E-state index in [0.717, 1.165) is 16.3 Å². The molecule has 1 aliphatic rings. The van der Waals surface area contributed by atoms with E-state index in [-0.39, 0.29) is 11.3 Å². The Balaban J connectivity index is 1.75. The van der Waals surface area contributed by atoms with E-state index in [1.807, 2.05) is 18.4 Å². The van der Waals surface area contributed by atoms with Gasteiger partial charge in [0.15, 0.2) is 0 Å². The number of amides is 4. The van der Waals surface area contributed by atoms with Gasteiger partial charge in [0, 0.05) is 29.2 Å². The number of benzene rings is 2. The van der Waals surface area contributed by atoms with Crippen LogP contribution in [0.25, 0.3) is 11.8 Å². The molecular weight excluding hydrogens is 424 g/mol. The van der Waals surface area contributed by atoms with Crippen molar-refractivity contribution < 1.29 is 19.3 Å². The number of rotatable bonds is 4. The largest absolute Gasteiger partial charge is 0.335 e. The van der Waals surface area contributed by atoms with Crippen LogP contribution in [0.5, 0.6) is 0 Å². The molecule has 166 valence electrons. The molecule has 2 aromatic carbocycles. The lowest BCUT2D eigenvalue weighted by Gasteiger charge is -2.27. The summed E-state index contributed by atoms with van der Waals surface area (Å²) in [6.07, 6.45) is 1.46. The summed E-state index contributed by atoms with van der Waals surface area (Å²) in [4.78, 5) is 49.6. The minimum absolute atomic E-state index is 0.0195. The molecule has 0 unspecified atom stereocenters. The first-order valence-electron chi connectivity index (χ1n) is 10.1. The van der Waals surface area contributed by atoms with Crippen molar-refractivity contribution in [3.05, 3.63) is 92.8 Å². The fourth-order valence-corrected chi connectivity index (χ4v) is 3.90. The summed E-state index contributed by atoms with van der Waals surface area (Å²) in [5.74, 6) is -1.48. The summed E-state index contributed by atoms with van der Waals surface area (Å²) >= 11 is 0. The van der Waals surface area contributed by atoms with Gasteiger partial charge in [-0.05, 0) is 62.2 Å². The monoisotopic (exact) mass is 444 g/mol. The summed E-state index contributed by atoms with van der Waals surface area (Å²) in [6, 6.07) is 14.0. The van der Waals surface area contributed by atoms with Crippen molar-refractivity contribution in [2.75, 3.05) is 4.90 Å². The van der Waals surface area contributed by atoms with Crippen LogP contribution in [0.2, 0.25) is 0 Å². The Morgan fingerprint density at radius 1 is 0.970 bits per heavy atom. The van der Waals surface area contributed by atoms with Gasteiger partial charge in [0.2, 0.25) is 0 Å². The molecule has 1 fully saturated rings. The number of nitro benzene ring substituents is 1. The summed E-state index contributed by atoms with van der Waals surface area (Å²) in [6.45, 7) is 5.44. The van der Waals surface area contributed by atoms with Crippen molar-refractivity contribution in [2.45, 2.75) is 20.8 Å². The number of nitrogens with zero attached hydrogens (tertiary/aromatic N) is 3. The normalized spacial score (nSPS) is 15.2. The molecular formula is C24H20N4O5. The summed E-state index contributed by atoms with van der Waals surface area (Å²) in [7, 11) is 0. The second-order valence-electron chi connectivity index (χ2n) is 7.68. The van der Waals surface area contributed by atoms with E-state index >= 15 is 0 Å². The molecule has 9 nitrogen and oxygen atoms in total. The first kappa shape index (κ1) is 21.7. The maximum absolute atomic E-state index is 13.2. The van der Waals surface area contributed by atoms with Crippen molar-refractivity contribution in [3.63, 3.8) is 0 Å². The number of non-ortho nitro benzene ring substituents is 1. The molecule has 1 N–H and O–H groups in total. The second kappa shape index (κ2) is 8.19. The van der Waals surface area contributed by atoms with E-state index in [1.54, 1.807) is 49.4 Å². The van der Waals surface area contributed by atoms with Gasteiger partial charge >= 0.3 is 6.03 Å². The Hall–Kier alpha value is -4.53. The first-order valence-corrected chi connectivity index (χ1v) is 10.1. The third-order valence-corrected chi connectivity index (χ3v) is 5.55. The second-order valence-corrected chi connectivity index (χ2v) is 7.68. The van der Waals surface area contributed by atoms with Crippen molar-refractivity contribution in [1.29, 1.82) is 0 Å². The van der Waals surface area contributed by atoms with E-state index in [1.165, 1.54) is 18.2 Å². The highest BCUT2D eigenvalue weighted by Gasteiger charge is 2.37. The first-order chi connectivity index (χ1) is 15.7. The van der Waals surface area contributed by atoms with E-state index in [0.29, 0.717) is 22.5 Å². The number of para-hydroxylation sites is 1. The predicted octanol–water partition coefficient (Wildman–Crippen LogP) is 3.98. The number of aromatic nitrogens is 1. The van der Waals surface area contributed by atoms with Crippen LogP contribution in [-0.2, 0) is 9.59 Å². The molecule has 1 aliphatic heterocycles. The molecule has 33 heavy (non-hydrogen) atoms. The molecule has 2 heterocycles. The molecule has 0 spiro atoms. The van der Waals surface area contributed by atoms with Crippen LogP contribution in [-0.4, -0.2) is 27.3 Å². The molecule has 0 atom stereocenters. The number of urea groups is 1. The fraction of sp³-hybridized carbons (Fsp3) is 0.125. The molecule has 1 saturated heterocycles. The standard InChI is InChI=1S/C24H20N4O5/c1-14-6-4-5-7-21(14)27-23(30)20(22(29)25-24(27)31)13-17-12-15(2)26(16(17)3)18-8-10-19(11-9-18)28(32)33/h4-13H,1-3H3,(H,25,29,31)/b20-13+. The lowest BCUT2D eigenvalue weighted by atomic mass is 10.1. The number of anilines is 1. The van der Waals surface area contributed by atoms with Crippen molar-refractivity contribution >= 4 is 35.3 Å². The smallest absolute Gasteiger partial charge is 0.318 e. The summed E-state index contributed by atoms with van der Waals surface area (Å²) in [5.41, 5.74) is 3.79. The molecule has 4 rings (SSSR count). The lowest BCUT2D eigenvalue weighted by molar-refractivity contribution is -0.384. The van der Waals surface area contributed by atoms with Crippen LogP contribution in [0.15, 0.2) is 60.2 Å². The highest BCUT2D eigenvalue weighted by atomic mass is 16.6. The van der Waals surface area contributed by atoms with Gasteiger partial charge in [-0.2, -0.15) is 0 Å². The number of carbonyl (C=O) groups is 3. The van der Waals surface area contributed by atoms with Gasteiger partial charge in [-0.1, -0.05) is 18.2 Å². The maximum Gasteiger partial charge on any atom is 0.335 e. The fourth-order valence-electron chi connectivity index (χ4n) is 3.90. The highest BCUT2D eigenvalue weighted by Crippen LogP contribution is 2.28. The minimum atomic E-state index is -0.798. The number of hydrogen-bond acceptors (Lipinski definition) is 5. The number of barbiturate groups is 1. The predicted molar refractivity (Wildman–Crippen MR) is 122 cm³/mol. The van der Waals surface area contributed by atoms with E-state index in [2.05, 4.69) is 5.32 Å². The third kappa shape index (κ3) is 3.80. The number of nitrogens with one attached hydrogen (secondary N) is 1. The SMILES string of the molecule is Cc1ccccc1N1C(=O)NC(=O)/C(=C\c2cc(C)n(-c3ccc([N+](=O)[O-])cc3)c2C)C1=O. The summed E-state index contributed by atoms with van der Waals surface area (Å²) < 4.78 is 1.87. The quantitative estimate of drug-likeness (QED) is 0.283. The van der Waals surface area contributed by atoms with Gasteiger partial charge in [-0.25, -0.2) is 9.69 Å². The number of carbonyl (C=O) groups excluding carboxylic acids is 3. The average molecular weight is 444 g/mol. The zero-order valence-corrected chi connectivity index (χ0v) is 18.2. The van der Waals surface area contributed by atoms with E-state index in [9.17, 15) is 24.5 Å². The van der Waals surface area contributed by atoms with Crippen molar-refractivity contribution in [1.82, 2.24) is 9.88 Å². The van der Waals surface area contributed by atoms with Crippen LogP contribution >= 0.6 is 0 Å². The van der Waals surface area contributed by atoms with Crippen LogP contribution < -0.4 is 10.2 Å². The number of imide groups is 2. The number of nitro groups is 1. The third-order valence-electron chi connectivity index (χ3n) is 5.55. The van der Waals surface area contributed by atoms with Gasteiger partial charge in [0.05, 0.1) is 10.6 Å². The van der Waals surface area contributed by atoms with E-state index < -0.39 is 22.8 Å². The van der Waals surface area contributed by atoms with Crippen molar-refractivity contribution in [3.8, 4) is 5.69 Å². The molecule has 0 saturated carbocycles. The maximum atomic E-state index is 13.2. The van der Waals surface area contributed by atoms with Crippen LogP contribution in [0.3, 0.4) is 0 Å². The van der Waals surface area contributed by atoms with Crippen molar-refractivity contribution in [2.24, 2.45) is 0 Å². The average Bonchev–Trinajstić information content (AvgIpc) is 3.05. The molecule has 3 aromatic rings. The van der Waals surface area contributed by atoms with Gasteiger partial charge < -0.3 is 4.57 Å². The van der Waals surface area contributed by atoms with Crippen LogP contribution in [0, 0.1) is 30.9 Å². The van der Waals surface area contributed by atoms with E-state index in [4.69, 9.17) is 0 Å². The minimum Gasteiger partial charge on any atom is -0.318 e. The Labute approximate surface area is 189 Å². The van der Waals surface area contributed by atoms with Gasteiger partial charge in [0.1, 0.15) is 5.57 Å². The topological polar surface area (TPSA) is 115 Å². The molecule has 9 heteroatoms. The Morgan fingerprint density at radius 2 is 1.64 bits per heavy atom. The molecule has 0 aliphatic carbocycles. The van der Waals surface area contributed by atoms with Gasteiger partial charge in [-0.15, -0.1) is 0 Å². The van der Waals surface area contributed by atoms with Gasteiger partial charge in [-0.3, -0.25) is 25.0 Å². The molecule has 4 amide bonds. The molecule has 0 radical (unpaired) electrons. The molecule has 0 bridgehead atoms.